The maximum atomic E-state index is 10.8. The molecule has 0 saturated carbocycles. The van der Waals surface area contributed by atoms with E-state index in [2.05, 4.69) is 0 Å². The fourth-order valence-corrected chi connectivity index (χ4v) is 0.609. The molecule has 0 aromatic heterocycles. The van der Waals surface area contributed by atoms with Gasteiger partial charge in [-0.05, 0) is 12.5 Å². The molecule has 11 heavy (non-hydrogen) atoms. The van der Waals surface area contributed by atoms with E-state index in [-0.39, 0.29) is 5.78 Å². The van der Waals surface area contributed by atoms with Crippen LogP contribution in [0, 0.1) is 0 Å². The van der Waals surface area contributed by atoms with Gasteiger partial charge in [-0.1, -0.05) is 13.3 Å². The van der Waals surface area contributed by atoms with Crippen molar-refractivity contribution in [1.29, 1.82) is 0 Å². The minimum Gasteiger partial charge on any atom is -0.366 e. The lowest BCUT2D eigenvalue weighted by molar-refractivity contribution is -0.116. The molecule has 0 atom stereocenters. The van der Waals surface area contributed by atoms with E-state index in [1.54, 1.807) is 0 Å². The molecule has 0 saturated heterocycles. The van der Waals surface area contributed by atoms with Crippen molar-refractivity contribution in [2.45, 2.75) is 26.2 Å². The van der Waals surface area contributed by atoms with Crippen molar-refractivity contribution >= 4 is 11.7 Å². The van der Waals surface area contributed by atoms with E-state index >= 15 is 0 Å². The number of carbonyl (C=O) groups is 2. The summed E-state index contributed by atoms with van der Waals surface area (Å²) in [7, 11) is 0. The summed E-state index contributed by atoms with van der Waals surface area (Å²) in [4.78, 5) is 21.0. The van der Waals surface area contributed by atoms with Gasteiger partial charge in [-0.25, -0.2) is 0 Å². The second-order valence-corrected chi connectivity index (χ2v) is 2.31. The lowest BCUT2D eigenvalue weighted by Crippen LogP contribution is -2.06. The van der Waals surface area contributed by atoms with Gasteiger partial charge in [-0.15, -0.1) is 0 Å². The van der Waals surface area contributed by atoms with Gasteiger partial charge >= 0.3 is 0 Å². The van der Waals surface area contributed by atoms with Gasteiger partial charge < -0.3 is 5.73 Å². The van der Waals surface area contributed by atoms with Crippen LogP contribution in [0.2, 0.25) is 0 Å². The zero-order chi connectivity index (χ0) is 8.69. The van der Waals surface area contributed by atoms with Gasteiger partial charge in [0.15, 0.2) is 5.78 Å². The number of unbranched alkanes of at least 4 members (excludes halogenated alkanes) is 1. The molecule has 0 aliphatic carbocycles. The maximum absolute atomic E-state index is 10.8. The molecule has 0 bridgehead atoms. The van der Waals surface area contributed by atoms with E-state index in [4.69, 9.17) is 5.73 Å². The van der Waals surface area contributed by atoms with Crippen LogP contribution >= 0.6 is 0 Å². The van der Waals surface area contributed by atoms with Crippen LogP contribution in [-0.4, -0.2) is 11.7 Å². The quantitative estimate of drug-likeness (QED) is 0.596. The van der Waals surface area contributed by atoms with E-state index in [0.29, 0.717) is 6.42 Å². The van der Waals surface area contributed by atoms with Crippen LogP contribution in [0.15, 0.2) is 12.2 Å². The maximum Gasteiger partial charge on any atom is 0.241 e. The molecule has 0 heterocycles. The molecule has 2 N–H and O–H groups in total. The first-order valence-corrected chi connectivity index (χ1v) is 3.67. The van der Waals surface area contributed by atoms with Gasteiger partial charge in [0.1, 0.15) is 0 Å². The van der Waals surface area contributed by atoms with Crippen molar-refractivity contribution in [3.05, 3.63) is 12.2 Å². The van der Waals surface area contributed by atoms with Crippen LogP contribution in [0.4, 0.5) is 0 Å². The van der Waals surface area contributed by atoms with Gasteiger partial charge in [0.2, 0.25) is 5.91 Å². The number of ketones is 1. The first-order chi connectivity index (χ1) is 5.16. The number of carbonyl (C=O) groups excluding carboxylic acids is 2. The standard InChI is InChI=1S/C8H13NO2/c1-2-3-4-7(10)5-6-8(9)11/h5-6H,2-4H2,1H3,(H2,9,11). The van der Waals surface area contributed by atoms with Crippen molar-refractivity contribution in [3.8, 4) is 0 Å². The number of primary amides is 1. The van der Waals surface area contributed by atoms with Crippen molar-refractivity contribution in [2.24, 2.45) is 5.73 Å². The summed E-state index contributed by atoms with van der Waals surface area (Å²) < 4.78 is 0. The van der Waals surface area contributed by atoms with Crippen molar-refractivity contribution in [1.82, 2.24) is 0 Å². The summed E-state index contributed by atoms with van der Waals surface area (Å²) in [5, 5.41) is 0. The Hall–Kier alpha value is -1.12. The SMILES string of the molecule is CCCCC(=O)C=CC(N)=O. The Balaban J connectivity index is 3.60. The van der Waals surface area contributed by atoms with Gasteiger partial charge in [0, 0.05) is 12.5 Å². The lowest BCUT2D eigenvalue weighted by Gasteiger charge is -1.89. The highest BCUT2D eigenvalue weighted by Crippen LogP contribution is 1.95. The highest BCUT2D eigenvalue weighted by atomic mass is 16.1. The van der Waals surface area contributed by atoms with Gasteiger partial charge in [-0.3, -0.25) is 9.59 Å². The first kappa shape index (κ1) is 9.88. The van der Waals surface area contributed by atoms with Crippen molar-refractivity contribution in [2.75, 3.05) is 0 Å². The zero-order valence-corrected chi connectivity index (χ0v) is 6.67. The van der Waals surface area contributed by atoms with Crippen molar-refractivity contribution in [3.63, 3.8) is 0 Å². The second kappa shape index (κ2) is 5.65. The normalized spacial score (nSPS) is 10.3. The molecule has 0 spiro atoms. The minimum atomic E-state index is -0.574. The lowest BCUT2D eigenvalue weighted by atomic mass is 10.2. The van der Waals surface area contributed by atoms with Crippen LogP contribution in [-0.2, 0) is 9.59 Å². The molecule has 62 valence electrons. The number of allylic oxidation sites excluding steroid dienone is 1. The Morgan fingerprint density at radius 2 is 2.00 bits per heavy atom. The average molecular weight is 155 g/mol. The molecular weight excluding hydrogens is 142 g/mol. The van der Waals surface area contributed by atoms with Crippen LogP contribution < -0.4 is 5.73 Å². The Morgan fingerprint density at radius 3 is 2.45 bits per heavy atom. The topological polar surface area (TPSA) is 60.2 Å². The summed E-state index contributed by atoms with van der Waals surface area (Å²) >= 11 is 0. The van der Waals surface area contributed by atoms with Crippen molar-refractivity contribution < 1.29 is 9.59 Å². The molecule has 0 rings (SSSR count). The number of amides is 1. The van der Waals surface area contributed by atoms with E-state index in [0.717, 1.165) is 18.9 Å². The van der Waals surface area contributed by atoms with E-state index in [1.807, 2.05) is 6.92 Å². The molecule has 0 aliphatic rings. The zero-order valence-electron chi connectivity index (χ0n) is 6.67. The minimum absolute atomic E-state index is 0.0364. The van der Waals surface area contributed by atoms with Gasteiger partial charge in [0.25, 0.3) is 0 Å². The summed E-state index contributed by atoms with van der Waals surface area (Å²) in [6.45, 7) is 2.01. The van der Waals surface area contributed by atoms with Gasteiger partial charge in [-0.2, -0.15) is 0 Å². The van der Waals surface area contributed by atoms with E-state index in [9.17, 15) is 9.59 Å². The molecule has 0 aliphatic heterocycles. The molecule has 0 aromatic rings. The predicted molar refractivity (Wildman–Crippen MR) is 42.9 cm³/mol. The number of nitrogens with two attached hydrogens (primary N) is 1. The molecular formula is C8H13NO2. The third-order valence-electron chi connectivity index (χ3n) is 1.21. The average Bonchev–Trinajstić information content (AvgIpc) is 1.97. The summed E-state index contributed by atoms with van der Waals surface area (Å²) in [5.41, 5.74) is 4.79. The molecule has 3 nitrogen and oxygen atoms in total. The van der Waals surface area contributed by atoms with Crippen LogP contribution in [0.1, 0.15) is 26.2 Å². The molecule has 3 heteroatoms. The number of rotatable bonds is 5. The fraction of sp³-hybridized carbons (Fsp3) is 0.500. The molecule has 0 aromatic carbocycles. The predicted octanol–water partition coefficient (Wildman–Crippen LogP) is 0.787. The first-order valence-electron chi connectivity index (χ1n) is 3.67. The highest BCUT2D eigenvalue weighted by molar-refractivity contribution is 5.96. The fourth-order valence-electron chi connectivity index (χ4n) is 0.609. The highest BCUT2D eigenvalue weighted by Gasteiger charge is 1.94. The Bertz CT molecular complexity index is 173. The molecule has 0 unspecified atom stereocenters. The van der Waals surface area contributed by atoms with Gasteiger partial charge in [0.05, 0.1) is 0 Å². The number of hydrogen-bond donors (Lipinski definition) is 1. The Kier molecular flexibility index (Phi) is 5.07. The monoisotopic (exact) mass is 155 g/mol. The summed E-state index contributed by atoms with van der Waals surface area (Å²) in [6, 6.07) is 0. The third kappa shape index (κ3) is 6.77. The smallest absolute Gasteiger partial charge is 0.241 e. The van der Waals surface area contributed by atoms with Crippen LogP contribution in [0.3, 0.4) is 0 Å². The molecule has 0 radical (unpaired) electrons. The Morgan fingerprint density at radius 1 is 1.36 bits per heavy atom. The van der Waals surface area contributed by atoms with Crippen LogP contribution in [0.5, 0.6) is 0 Å². The summed E-state index contributed by atoms with van der Waals surface area (Å²) in [6.07, 6.45) is 4.67. The van der Waals surface area contributed by atoms with E-state index < -0.39 is 5.91 Å². The molecule has 0 fully saturated rings. The van der Waals surface area contributed by atoms with E-state index in [1.165, 1.54) is 6.08 Å². The third-order valence-corrected chi connectivity index (χ3v) is 1.21. The Labute approximate surface area is 66.3 Å². The number of hydrogen-bond acceptors (Lipinski definition) is 2. The molecule has 1 amide bonds. The van der Waals surface area contributed by atoms with Crippen LogP contribution in [0.25, 0.3) is 0 Å². The largest absolute Gasteiger partial charge is 0.366 e. The second-order valence-electron chi connectivity index (χ2n) is 2.31. The summed E-state index contributed by atoms with van der Waals surface area (Å²) in [5.74, 6) is -0.611.